The van der Waals surface area contributed by atoms with Gasteiger partial charge in [-0.3, -0.25) is 0 Å². The molecule has 0 spiro atoms. The molecule has 2 aliphatic heterocycles. The highest BCUT2D eigenvalue weighted by Gasteiger charge is 2.51. The molecule has 2 saturated heterocycles. The maximum atomic E-state index is 11.0. The molecule has 4 heteroatoms. The van der Waals surface area contributed by atoms with Crippen LogP contribution in [-0.2, 0) is 4.74 Å². The summed E-state index contributed by atoms with van der Waals surface area (Å²) in [6.07, 6.45) is 4.90. The summed E-state index contributed by atoms with van der Waals surface area (Å²) in [4.78, 5) is 2.45. The van der Waals surface area contributed by atoms with E-state index in [1.165, 1.54) is 6.42 Å². The van der Waals surface area contributed by atoms with Gasteiger partial charge in [-0.2, -0.15) is 0 Å². The largest absolute Gasteiger partial charge is 0.389 e. The summed E-state index contributed by atoms with van der Waals surface area (Å²) in [5.41, 5.74) is 5.17. The molecule has 1 atom stereocenters. The molecule has 2 fully saturated rings. The van der Waals surface area contributed by atoms with Gasteiger partial charge in [0.2, 0.25) is 0 Å². The summed E-state index contributed by atoms with van der Waals surface area (Å²) in [6, 6.07) is 0. The van der Waals surface area contributed by atoms with Crippen molar-refractivity contribution in [3.05, 3.63) is 0 Å². The van der Waals surface area contributed by atoms with Gasteiger partial charge in [0.25, 0.3) is 0 Å². The molecule has 2 aliphatic rings. The molecule has 0 saturated carbocycles. The van der Waals surface area contributed by atoms with E-state index in [-0.39, 0.29) is 5.41 Å². The smallest absolute Gasteiger partial charge is 0.0762 e. The van der Waals surface area contributed by atoms with E-state index in [2.05, 4.69) is 11.8 Å². The number of aliphatic hydroxyl groups is 1. The van der Waals surface area contributed by atoms with Gasteiger partial charge in [-0.25, -0.2) is 0 Å². The van der Waals surface area contributed by atoms with Crippen LogP contribution >= 0.6 is 0 Å². The van der Waals surface area contributed by atoms with Crippen LogP contribution in [0, 0.1) is 5.41 Å². The predicted molar refractivity (Wildman–Crippen MR) is 72.5 cm³/mol. The Labute approximate surface area is 110 Å². The zero-order valence-corrected chi connectivity index (χ0v) is 11.7. The highest BCUT2D eigenvalue weighted by atomic mass is 16.5. The molecule has 0 amide bonds. The lowest BCUT2D eigenvalue weighted by Gasteiger charge is -2.52. The summed E-state index contributed by atoms with van der Waals surface area (Å²) >= 11 is 0. The third-order valence-corrected chi connectivity index (χ3v) is 4.92. The summed E-state index contributed by atoms with van der Waals surface area (Å²) in [7, 11) is 0. The van der Waals surface area contributed by atoms with Crippen molar-refractivity contribution >= 4 is 0 Å². The van der Waals surface area contributed by atoms with Crippen LogP contribution in [0.4, 0.5) is 0 Å². The number of likely N-dealkylation sites (tertiary alicyclic amines) is 1. The van der Waals surface area contributed by atoms with E-state index < -0.39 is 5.60 Å². The number of hydrogen-bond acceptors (Lipinski definition) is 4. The minimum atomic E-state index is -0.619. The van der Waals surface area contributed by atoms with E-state index in [0.29, 0.717) is 13.2 Å². The number of piperidine rings is 1. The van der Waals surface area contributed by atoms with Crippen molar-refractivity contribution in [2.75, 3.05) is 39.4 Å². The van der Waals surface area contributed by atoms with Crippen molar-refractivity contribution < 1.29 is 9.84 Å². The second kappa shape index (κ2) is 5.87. The number of nitrogens with zero attached hydrogens (tertiary/aromatic N) is 1. The quantitative estimate of drug-likeness (QED) is 0.787. The van der Waals surface area contributed by atoms with Crippen LogP contribution in [0.1, 0.15) is 39.0 Å². The van der Waals surface area contributed by atoms with Crippen LogP contribution in [0.25, 0.3) is 0 Å². The minimum absolute atomic E-state index is 0.205. The van der Waals surface area contributed by atoms with Gasteiger partial charge in [-0.1, -0.05) is 6.92 Å². The summed E-state index contributed by atoms with van der Waals surface area (Å²) in [6.45, 7) is 7.32. The number of rotatable bonds is 4. The average molecular weight is 256 g/mol. The minimum Gasteiger partial charge on any atom is -0.389 e. The lowest BCUT2D eigenvalue weighted by atomic mass is 9.64. The molecule has 2 heterocycles. The Balaban J connectivity index is 2.02. The molecule has 106 valence electrons. The number of hydrogen-bond donors (Lipinski definition) is 2. The standard InChI is InChI=1S/C14H28N2O2/c1-2-7-16-8-5-14(17,6-9-16)13(11-15)4-3-10-18-12-13/h17H,2-12,15H2,1H3. The average Bonchev–Trinajstić information content (AvgIpc) is 2.42. The summed E-state index contributed by atoms with van der Waals surface area (Å²) < 4.78 is 5.62. The summed E-state index contributed by atoms with van der Waals surface area (Å²) in [5, 5.41) is 11.0. The molecular formula is C14H28N2O2. The third-order valence-electron chi connectivity index (χ3n) is 4.92. The molecule has 0 bridgehead atoms. The Kier molecular flexibility index (Phi) is 4.64. The van der Waals surface area contributed by atoms with Gasteiger partial charge < -0.3 is 20.5 Å². The molecule has 4 nitrogen and oxygen atoms in total. The zero-order valence-electron chi connectivity index (χ0n) is 11.7. The van der Waals surface area contributed by atoms with Gasteiger partial charge in [-0.15, -0.1) is 0 Å². The van der Waals surface area contributed by atoms with Gasteiger partial charge >= 0.3 is 0 Å². The van der Waals surface area contributed by atoms with Crippen molar-refractivity contribution in [1.82, 2.24) is 4.90 Å². The van der Waals surface area contributed by atoms with Gasteiger partial charge in [-0.05, 0) is 38.6 Å². The van der Waals surface area contributed by atoms with Crippen LogP contribution in [0.3, 0.4) is 0 Å². The number of nitrogens with two attached hydrogens (primary N) is 1. The summed E-state index contributed by atoms with van der Waals surface area (Å²) in [5.74, 6) is 0. The first-order chi connectivity index (χ1) is 8.66. The second-order valence-corrected chi connectivity index (χ2v) is 6.01. The fourth-order valence-corrected chi connectivity index (χ4v) is 3.56. The lowest BCUT2D eigenvalue weighted by molar-refractivity contribution is -0.165. The van der Waals surface area contributed by atoms with Crippen molar-refractivity contribution in [3.8, 4) is 0 Å². The normalized spacial score (nSPS) is 33.5. The fourth-order valence-electron chi connectivity index (χ4n) is 3.56. The third kappa shape index (κ3) is 2.57. The molecule has 0 aromatic heterocycles. The molecule has 18 heavy (non-hydrogen) atoms. The predicted octanol–water partition coefficient (Wildman–Crippen LogP) is 0.979. The molecule has 0 aliphatic carbocycles. The van der Waals surface area contributed by atoms with Crippen LogP contribution in [0.5, 0.6) is 0 Å². The van der Waals surface area contributed by atoms with E-state index in [0.717, 1.165) is 51.9 Å². The lowest BCUT2D eigenvalue weighted by Crippen LogP contribution is -2.61. The topological polar surface area (TPSA) is 58.7 Å². The van der Waals surface area contributed by atoms with Crippen molar-refractivity contribution in [2.45, 2.75) is 44.6 Å². The van der Waals surface area contributed by atoms with E-state index in [9.17, 15) is 5.11 Å². The van der Waals surface area contributed by atoms with Gasteiger partial charge in [0.05, 0.1) is 12.2 Å². The SMILES string of the molecule is CCCN1CCC(O)(C2(CN)CCCOC2)CC1. The fraction of sp³-hybridized carbons (Fsp3) is 1.00. The highest BCUT2D eigenvalue weighted by Crippen LogP contribution is 2.44. The van der Waals surface area contributed by atoms with Crippen LogP contribution in [0.15, 0.2) is 0 Å². The second-order valence-electron chi connectivity index (χ2n) is 6.01. The molecule has 0 aromatic carbocycles. The maximum Gasteiger partial charge on any atom is 0.0762 e. The zero-order chi connectivity index (χ0) is 13.1. The Hall–Kier alpha value is -0.160. The first-order valence-corrected chi connectivity index (χ1v) is 7.38. The highest BCUT2D eigenvalue weighted by molar-refractivity contribution is 5.03. The van der Waals surface area contributed by atoms with Gasteiger partial charge in [0.1, 0.15) is 0 Å². The Bertz CT molecular complexity index is 257. The van der Waals surface area contributed by atoms with E-state index in [4.69, 9.17) is 10.5 Å². The Morgan fingerprint density at radius 1 is 1.28 bits per heavy atom. The Morgan fingerprint density at radius 3 is 2.50 bits per heavy atom. The van der Waals surface area contributed by atoms with Crippen LogP contribution in [0.2, 0.25) is 0 Å². The molecule has 0 aromatic rings. The number of ether oxygens (including phenoxy) is 1. The van der Waals surface area contributed by atoms with Gasteiger partial charge in [0, 0.05) is 31.7 Å². The first-order valence-electron chi connectivity index (χ1n) is 7.38. The van der Waals surface area contributed by atoms with E-state index >= 15 is 0 Å². The molecule has 3 N–H and O–H groups in total. The van der Waals surface area contributed by atoms with Gasteiger partial charge in [0.15, 0.2) is 0 Å². The molecule has 2 rings (SSSR count). The molecular weight excluding hydrogens is 228 g/mol. The van der Waals surface area contributed by atoms with Crippen LogP contribution in [-0.4, -0.2) is 55.0 Å². The van der Waals surface area contributed by atoms with E-state index in [1.807, 2.05) is 0 Å². The van der Waals surface area contributed by atoms with Crippen molar-refractivity contribution in [3.63, 3.8) is 0 Å². The molecule has 0 radical (unpaired) electrons. The molecule has 1 unspecified atom stereocenters. The Morgan fingerprint density at radius 2 is 2.00 bits per heavy atom. The van der Waals surface area contributed by atoms with E-state index in [1.54, 1.807) is 0 Å². The monoisotopic (exact) mass is 256 g/mol. The van der Waals surface area contributed by atoms with Crippen molar-refractivity contribution in [2.24, 2.45) is 11.1 Å². The van der Waals surface area contributed by atoms with Crippen LogP contribution < -0.4 is 5.73 Å². The first kappa shape index (κ1) is 14.3. The maximum absolute atomic E-state index is 11.0. The van der Waals surface area contributed by atoms with Crippen molar-refractivity contribution in [1.29, 1.82) is 0 Å².